The van der Waals surface area contributed by atoms with Crippen molar-refractivity contribution in [1.82, 2.24) is 9.80 Å². The number of amides is 1. The van der Waals surface area contributed by atoms with Crippen LogP contribution in [0.5, 0.6) is 0 Å². The van der Waals surface area contributed by atoms with Crippen LogP contribution in [0.15, 0.2) is 0 Å². The smallest absolute Gasteiger partial charge is 0.223 e. The lowest BCUT2D eigenvalue weighted by Gasteiger charge is -2.47. The zero-order chi connectivity index (χ0) is 16.0. The molecule has 0 N–H and O–H groups in total. The zero-order valence-corrected chi connectivity index (χ0v) is 15.1. The molecule has 21 heavy (non-hydrogen) atoms. The van der Waals surface area contributed by atoms with Gasteiger partial charge in [-0.2, -0.15) is 0 Å². The molecule has 2 saturated heterocycles. The van der Waals surface area contributed by atoms with Crippen LogP contribution >= 0.6 is 0 Å². The summed E-state index contributed by atoms with van der Waals surface area (Å²) < 4.78 is 0. The molecule has 0 aromatic carbocycles. The molecule has 2 aliphatic heterocycles. The van der Waals surface area contributed by atoms with Crippen LogP contribution in [-0.2, 0) is 4.79 Å². The molecule has 1 spiro atoms. The van der Waals surface area contributed by atoms with E-state index in [1.54, 1.807) is 0 Å². The molecule has 0 aromatic heterocycles. The summed E-state index contributed by atoms with van der Waals surface area (Å²) in [5, 5.41) is 0. The average Bonchev–Trinajstić information content (AvgIpc) is 2.45. The molecular weight excluding hydrogens is 260 g/mol. The van der Waals surface area contributed by atoms with E-state index in [1.165, 1.54) is 32.4 Å². The Kier molecular flexibility index (Phi) is 7.19. The van der Waals surface area contributed by atoms with Crippen LogP contribution in [0.4, 0.5) is 0 Å². The molecule has 2 aliphatic rings. The Morgan fingerprint density at radius 1 is 1.00 bits per heavy atom. The molecule has 2 rings (SSSR count). The summed E-state index contributed by atoms with van der Waals surface area (Å²) in [6, 6.07) is 0.647. The second kappa shape index (κ2) is 8.17. The predicted octanol–water partition coefficient (Wildman–Crippen LogP) is 3.78. The van der Waals surface area contributed by atoms with E-state index in [0.717, 1.165) is 19.5 Å². The van der Waals surface area contributed by atoms with Gasteiger partial charge in [0.2, 0.25) is 5.91 Å². The van der Waals surface area contributed by atoms with Gasteiger partial charge in [0.1, 0.15) is 0 Å². The third kappa shape index (κ3) is 4.98. The summed E-state index contributed by atoms with van der Waals surface area (Å²) in [5.41, 5.74) is 0.329. The third-order valence-electron chi connectivity index (χ3n) is 4.97. The molecule has 0 saturated carbocycles. The topological polar surface area (TPSA) is 23.6 Å². The fraction of sp³-hybridized carbons (Fsp3) is 0.944. The highest BCUT2D eigenvalue weighted by Gasteiger charge is 2.41. The Balaban J connectivity index is 0.00000106. The zero-order valence-electron chi connectivity index (χ0n) is 15.1. The van der Waals surface area contributed by atoms with Gasteiger partial charge in [-0.3, -0.25) is 4.79 Å². The predicted molar refractivity (Wildman–Crippen MR) is 90.4 cm³/mol. The van der Waals surface area contributed by atoms with Crippen molar-refractivity contribution >= 4 is 5.91 Å². The summed E-state index contributed by atoms with van der Waals surface area (Å²) in [6.07, 6.45) is 4.45. The van der Waals surface area contributed by atoms with Crippen molar-refractivity contribution in [3.8, 4) is 0 Å². The molecule has 0 bridgehead atoms. The maximum Gasteiger partial charge on any atom is 0.223 e. The van der Waals surface area contributed by atoms with E-state index in [-0.39, 0.29) is 0 Å². The fourth-order valence-electron chi connectivity index (χ4n) is 3.59. The first-order chi connectivity index (χ1) is 9.92. The quantitative estimate of drug-likeness (QED) is 0.791. The second-order valence-electron chi connectivity index (χ2n) is 7.29. The highest BCUT2D eigenvalue weighted by atomic mass is 16.2. The van der Waals surface area contributed by atoms with E-state index >= 15 is 0 Å². The van der Waals surface area contributed by atoms with Crippen molar-refractivity contribution < 1.29 is 4.79 Å². The van der Waals surface area contributed by atoms with E-state index in [0.29, 0.717) is 23.3 Å². The standard InChI is InChI=1S/C16H30N2O.C2H6/c1-13(2)12-18-10-7-16(11-15(18)19)5-8-17(9-6-16)14(3)4;1-2/h13-14H,5-12H2,1-4H3;1-2H3. The average molecular weight is 296 g/mol. The Labute approximate surface area is 132 Å². The van der Waals surface area contributed by atoms with Crippen molar-refractivity contribution in [3.05, 3.63) is 0 Å². The van der Waals surface area contributed by atoms with Crippen molar-refractivity contribution in [2.24, 2.45) is 11.3 Å². The van der Waals surface area contributed by atoms with Crippen LogP contribution in [0.25, 0.3) is 0 Å². The highest BCUT2D eigenvalue weighted by Crippen LogP contribution is 2.42. The molecule has 2 heterocycles. The van der Waals surface area contributed by atoms with E-state index in [9.17, 15) is 4.79 Å². The van der Waals surface area contributed by atoms with Gasteiger partial charge in [0.05, 0.1) is 0 Å². The second-order valence-corrected chi connectivity index (χ2v) is 7.29. The Morgan fingerprint density at radius 2 is 1.52 bits per heavy atom. The molecule has 0 radical (unpaired) electrons. The first-order valence-electron chi connectivity index (χ1n) is 8.94. The molecule has 1 amide bonds. The minimum absolute atomic E-state index is 0.329. The van der Waals surface area contributed by atoms with Gasteiger partial charge in [-0.1, -0.05) is 27.7 Å². The first-order valence-corrected chi connectivity index (χ1v) is 8.94. The van der Waals surface area contributed by atoms with Crippen LogP contribution in [0.3, 0.4) is 0 Å². The normalized spacial score (nSPS) is 22.7. The van der Waals surface area contributed by atoms with Crippen LogP contribution in [-0.4, -0.2) is 47.9 Å². The number of nitrogens with zero attached hydrogens (tertiary/aromatic N) is 2. The lowest BCUT2D eigenvalue weighted by molar-refractivity contribution is -0.140. The van der Waals surface area contributed by atoms with Gasteiger partial charge < -0.3 is 9.80 Å². The number of carbonyl (C=O) groups excluding carboxylic acids is 1. The molecule has 0 atom stereocenters. The number of hydrogen-bond donors (Lipinski definition) is 0. The molecular formula is C18H36N2O. The van der Waals surface area contributed by atoms with Gasteiger partial charge in [0.25, 0.3) is 0 Å². The van der Waals surface area contributed by atoms with Crippen molar-refractivity contribution in [3.63, 3.8) is 0 Å². The van der Waals surface area contributed by atoms with E-state index in [1.807, 2.05) is 13.8 Å². The van der Waals surface area contributed by atoms with E-state index in [4.69, 9.17) is 0 Å². The van der Waals surface area contributed by atoms with Gasteiger partial charge in [0.15, 0.2) is 0 Å². The molecule has 0 unspecified atom stereocenters. The summed E-state index contributed by atoms with van der Waals surface area (Å²) in [4.78, 5) is 17.0. The molecule has 3 heteroatoms. The monoisotopic (exact) mass is 296 g/mol. The van der Waals surface area contributed by atoms with Gasteiger partial charge in [-0.05, 0) is 57.5 Å². The lowest BCUT2D eigenvalue weighted by Crippen LogP contribution is -2.50. The van der Waals surface area contributed by atoms with Gasteiger partial charge >= 0.3 is 0 Å². The number of hydrogen-bond acceptors (Lipinski definition) is 2. The lowest BCUT2D eigenvalue weighted by atomic mass is 9.70. The van der Waals surface area contributed by atoms with Crippen molar-refractivity contribution in [1.29, 1.82) is 0 Å². The van der Waals surface area contributed by atoms with Crippen molar-refractivity contribution in [2.45, 2.75) is 73.3 Å². The Hall–Kier alpha value is -0.570. The molecule has 3 nitrogen and oxygen atoms in total. The molecule has 124 valence electrons. The summed E-state index contributed by atoms with van der Waals surface area (Å²) in [5.74, 6) is 0.985. The van der Waals surface area contributed by atoms with Gasteiger partial charge in [-0.15, -0.1) is 0 Å². The minimum Gasteiger partial charge on any atom is -0.342 e. The molecule has 2 fully saturated rings. The highest BCUT2D eigenvalue weighted by molar-refractivity contribution is 5.77. The Morgan fingerprint density at radius 3 is 1.95 bits per heavy atom. The fourth-order valence-corrected chi connectivity index (χ4v) is 3.59. The number of likely N-dealkylation sites (tertiary alicyclic amines) is 2. The minimum atomic E-state index is 0.329. The number of carbonyl (C=O) groups is 1. The van der Waals surface area contributed by atoms with Crippen LogP contribution in [0.2, 0.25) is 0 Å². The van der Waals surface area contributed by atoms with Crippen molar-refractivity contribution in [2.75, 3.05) is 26.2 Å². The van der Waals surface area contributed by atoms with Crippen LogP contribution in [0.1, 0.15) is 67.2 Å². The molecule has 0 aromatic rings. The number of rotatable bonds is 3. The number of piperidine rings is 2. The maximum absolute atomic E-state index is 12.3. The first kappa shape index (κ1) is 18.5. The summed E-state index contributed by atoms with van der Waals surface area (Å²) in [7, 11) is 0. The van der Waals surface area contributed by atoms with Gasteiger partial charge in [0, 0.05) is 25.6 Å². The van der Waals surface area contributed by atoms with E-state index < -0.39 is 0 Å². The summed E-state index contributed by atoms with van der Waals surface area (Å²) >= 11 is 0. The Bertz CT molecular complexity index is 317. The third-order valence-corrected chi connectivity index (χ3v) is 4.97. The van der Waals surface area contributed by atoms with Gasteiger partial charge in [-0.25, -0.2) is 0 Å². The van der Waals surface area contributed by atoms with Crippen LogP contribution in [0, 0.1) is 11.3 Å². The SMILES string of the molecule is CC.CC(C)CN1CCC2(CCN(C(C)C)CC2)CC1=O. The van der Waals surface area contributed by atoms with Crippen LogP contribution < -0.4 is 0 Å². The largest absolute Gasteiger partial charge is 0.342 e. The molecule has 0 aliphatic carbocycles. The van der Waals surface area contributed by atoms with E-state index in [2.05, 4.69) is 37.5 Å². The maximum atomic E-state index is 12.3. The summed E-state index contributed by atoms with van der Waals surface area (Å²) in [6.45, 7) is 17.2.